The van der Waals surface area contributed by atoms with E-state index in [1.165, 1.54) is 12.7 Å². The molecule has 2 aliphatic heterocycles. The van der Waals surface area contributed by atoms with Crippen molar-refractivity contribution in [2.75, 3.05) is 26.0 Å². The van der Waals surface area contributed by atoms with Crippen molar-refractivity contribution >= 4 is 21.0 Å². The lowest BCUT2D eigenvalue weighted by Crippen LogP contribution is -2.35. The van der Waals surface area contributed by atoms with Crippen LogP contribution in [0.15, 0.2) is 65.6 Å². The van der Waals surface area contributed by atoms with Gasteiger partial charge < -0.3 is 14.6 Å². The van der Waals surface area contributed by atoms with Gasteiger partial charge in [0.2, 0.25) is 0 Å². The van der Waals surface area contributed by atoms with Gasteiger partial charge in [-0.2, -0.15) is 0 Å². The van der Waals surface area contributed by atoms with Crippen LogP contribution in [-0.2, 0) is 9.84 Å². The molecular weight excluding hydrogens is 510 g/mol. The van der Waals surface area contributed by atoms with E-state index in [0.29, 0.717) is 18.4 Å². The molecule has 206 valence electrons. The summed E-state index contributed by atoms with van der Waals surface area (Å²) in [6, 6.07) is 18.7. The van der Waals surface area contributed by atoms with Crippen LogP contribution in [-0.4, -0.2) is 50.4 Å². The molecule has 2 aliphatic rings. The molecule has 3 aromatic rings. The number of aryl methyl sites for hydroxylation is 1. The van der Waals surface area contributed by atoms with Crippen LogP contribution in [0.5, 0.6) is 17.2 Å². The molecule has 0 spiro atoms. The van der Waals surface area contributed by atoms with E-state index in [1.807, 2.05) is 44.2 Å². The van der Waals surface area contributed by atoms with Crippen LogP contribution >= 0.6 is 0 Å². The van der Waals surface area contributed by atoms with Gasteiger partial charge in [0.15, 0.2) is 9.84 Å². The van der Waals surface area contributed by atoms with Crippen LogP contribution in [0.3, 0.4) is 0 Å². The van der Waals surface area contributed by atoms with Crippen molar-refractivity contribution in [1.29, 1.82) is 0 Å². The normalized spacial score (nSPS) is 20.4. The van der Waals surface area contributed by atoms with Crippen molar-refractivity contribution in [2.24, 2.45) is 5.92 Å². The second kappa shape index (κ2) is 10.7. The lowest BCUT2D eigenvalue weighted by molar-refractivity contribution is 0.169. The van der Waals surface area contributed by atoms with Crippen LogP contribution in [0, 0.1) is 12.8 Å². The average Bonchev–Trinajstić information content (AvgIpc) is 3.34. The monoisotopic (exact) mass is 547 g/mol. The van der Waals surface area contributed by atoms with Gasteiger partial charge in [0.1, 0.15) is 30.0 Å². The lowest BCUT2D eigenvalue weighted by Gasteiger charge is -2.32. The Morgan fingerprint density at radius 3 is 2.44 bits per heavy atom. The van der Waals surface area contributed by atoms with E-state index in [9.17, 15) is 13.5 Å². The molecule has 0 radical (unpaired) electrons. The summed E-state index contributed by atoms with van der Waals surface area (Å²) in [5, 5.41) is 10.2. The molecule has 0 amide bonds. The lowest BCUT2D eigenvalue weighted by atomic mass is 9.84. The molecule has 1 fully saturated rings. The number of benzene rings is 3. The molecule has 39 heavy (non-hydrogen) atoms. The topological polar surface area (TPSA) is 76.1 Å². The van der Waals surface area contributed by atoms with Gasteiger partial charge in [-0.1, -0.05) is 25.1 Å². The second-order valence-electron chi connectivity index (χ2n) is 11.1. The van der Waals surface area contributed by atoms with Crippen molar-refractivity contribution in [1.82, 2.24) is 4.90 Å². The van der Waals surface area contributed by atoms with Crippen LogP contribution < -0.4 is 9.47 Å². The molecule has 5 rings (SSSR count). The molecule has 3 atom stereocenters. The molecule has 1 saturated heterocycles. The van der Waals surface area contributed by atoms with E-state index in [-0.39, 0.29) is 10.6 Å². The van der Waals surface area contributed by atoms with E-state index in [0.717, 1.165) is 58.2 Å². The molecule has 0 aromatic heterocycles. The van der Waals surface area contributed by atoms with Gasteiger partial charge >= 0.3 is 0 Å². The Bertz CT molecular complexity index is 1510. The number of likely N-dealkylation sites (tertiary alicyclic amines) is 1. The number of sulfone groups is 1. The summed E-state index contributed by atoms with van der Waals surface area (Å²) >= 11 is 0. The summed E-state index contributed by atoms with van der Waals surface area (Å²) in [7, 11) is -3.33. The summed E-state index contributed by atoms with van der Waals surface area (Å²) < 4.78 is 37.0. The first-order chi connectivity index (χ1) is 18.5. The minimum Gasteiger partial charge on any atom is -0.508 e. The van der Waals surface area contributed by atoms with E-state index < -0.39 is 15.9 Å². The van der Waals surface area contributed by atoms with Gasteiger partial charge in [-0.15, -0.1) is 0 Å². The maximum Gasteiger partial charge on any atom is 0.175 e. The van der Waals surface area contributed by atoms with E-state index in [2.05, 4.69) is 18.7 Å². The van der Waals surface area contributed by atoms with Gasteiger partial charge in [0.25, 0.3) is 0 Å². The summed E-state index contributed by atoms with van der Waals surface area (Å²) in [6.07, 6.45) is 2.05. The fourth-order valence-electron chi connectivity index (χ4n) is 5.62. The third-order valence-electron chi connectivity index (χ3n) is 7.95. The number of rotatable bonds is 7. The zero-order chi connectivity index (χ0) is 27.9. The predicted molar refractivity (Wildman–Crippen MR) is 155 cm³/mol. The number of allylic oxidation sites excluding steroid dienone is 1. The Morgan fingerprint density at radius 1 is 1.05 bits per heavy atom. The summed E-state index contributed by atoms with van der Waals surface area (Å²) in [4.78, 5) is 2.77. The SMILES string of the molecule is CC1=C(c2ccc(S(C)(=O)=O)cc2C)C(c2ccc(OCC(C)N3CCC(C)C3)cc2)Oc2ccc(O)cc21. The molecule has 3 unspecified atom stereocenters. The van der Waals surface area contributed by atoms with Crippen molar-refractivity contribution in [2.45, 2.75) is 51.2 Å². The Kier molecular flexibility index (Phi) is 7.49. The summed E-state index contributed by atoms with van der Waals surface area (Å²) in [5.74, 6) is 2.42. The molecular formula is C32H37NO5S. The van der Waals surface area contributed by atoms with Gasteiger partial charge in [0.05, 0.1) is 4.90 Å². The van der Waals surface area contributed by atoms with Crippen LogP contribution in [0.25, 0.3) is 11.1 Å². The largest absolute Gasteiger partial charge is 0.508 e. The molecule has 0 aliphatic carbocycles. The van der Waals surface area contributed by atoms with Gasteiger partial charge in [-0.3, -0.25) is 4.90 Å². The van der Waals surface area contributed by atoms with E-state index >= 15 is 0 Å². The van der Waals surface area contributed by atoms with E-state index in [4.69, 9.17) is 9.47 Å². The minimum absolute atomic E-state index is 0.165. The number of phenols is 1. The zero-order valence-corrected chi connectivity index (χ0v) is 24.1. The molecule has 1 N–H and O–H groups in total. The second-order valence-corrected chi connectivity index (χ2v) is 13.1. The number of fused-ring (bicyclic) bond motifs is 1. The van der Waals surface area contributed by atoms with Gasteiger partial charge in [-0.25, -0.2) is 8.42 Å². The molecule has 6 nitrogen and oxygen atoms in total. The van der Waals surface area contributed by atoms with Crippen molar-refractivity contribution < 1.29 is 23.0 Å². The number of ether oxygens (including phenoxy) is 2. The highest BCUT2D eigenvalue weighted by molar-refractivity contribution is 7.90. The smallest absolute Gasteiger partial charge is 0.175 e. The molecule has 7 heteroatoms. The number of hydrogen-bond donors (Lipinski definition) is 1. The number of phenolic OH excluding ortho intramolecular Hbond substituents is 1. The van der Waals surface area contributed by atoms with Gasteiger partial charge in [-0.05, 0) is 104 Å². The van der Waals surface area contributed by atoms with E-state index in [1.54, 1.807) is 30.3 Å². The highest BCUT2D eigenvalue weighted by Gasteiger charge is 2.31. The summed E-state index contributed by atoms with van der Waals surface area (Å²) in [6.45, 7) is 11.3. The highest BCUT2D eigenvalue weighted by Crippen LogP contribution is 2.48. The first-order valence-electron chi connectivity index (χ1n) is 13.5. The van der Waals surface area contributed by atoms with Crippen LogP contribution in [0.2, 0.25) is 0 Å². The van der Waals surface area contributed by atoms with Crippen LogP contribution in [0.4, 0.5) is 0 Å². The van der Waals surface area contributed by atoms with Crippen molar-refractivity contribution in [3.05, 3.63) is 82.9 Å². The predicted octanol–water partition coefficient (Wildman–Crippen LogP) is 6.28. The number of hydrogen-bond acceptors (Lipinski definition) is 6. The number of aromatic hydroxyl groups is 1. The maximum atomic E-state index is 12.2. The third kappa shape index (κ3) is 5.70. The standard InChI is InChI=1S/C32H37NO5S/c1-20-14-15-33(18-20)22(3)19-37-26-9-6-24(7-10-26)32-31(23(4)29-17-25(34)8-13-30(29)38-32)28-12-11-27(16-21(28)2)39(5,35)36/h6-13,16-17,20,22,32,34H,14-15,18-19H2,1-5H3. The average molecular weight is 548 g/mol. The quantitative estimate of drug-likeness (QED) is 0.375. The fourth-order valence-corrected chi connectivity index (χ4v) is 6.32. The first-order valence-corrected chi connectivity index (χ1v) is 15.4. The molecule has 0 saturated carbocycles. The molecule has 3 aromatic carbocycles. The Labute approximate surface area is 231 Å². The third-order valence-corrected chi connectivity index (χ3v) is 9.06. The maximum absolute atomic E-state index is 12.2. The molecule has 2 heterocycles. The Hall–Kier alpha value is -3.29. The van der Waals surface area contributed by atoms with Crippen molar-refractivity contribution in [3.63, 3.8) is 0 Å². The first kappa shape index (κ1) is 27.3. The van der Waals surface area contributed by atoms with Gasteiger partial charge in [0, 0.05) is 30.0 Å². The fraction of sp³-hybridized carbons (Fsp3) is 0.375. The zero-order valence-electron chi connectivity index (χ0n) is 23.3. The van der Waals surface area contributed by atoms with Crippen LogP contribution in [0.1, 0.15) is 55.5 Å². The Balaban J connectivity index is 1.46. The minimum atomic E-state index is -3.33. The molecule has 0 bridgehead atoms. The summed E-state index contributed by atoms with van der Waals surface area (Å²) in [5.41, 5.74) is 5.45. The highest BCUT2D eigenvalue weighted by atomic mass is 32.2. The Morgan fingerprint density at radius 2 is 1.79 bits per heavy atom. The number of nitrogens with zero attached hydrogens (tertiary/aromatic N) is 1. The van der Waals surface area contributed by atoms with Crippen molar-refractivity contribution in [3.8, 4) is 17.2 Å².